The molecule has 1 fully saturated rings. The lowest BCUT2D eigenvalue weighted by atomic mass is 9.94. The first-order valence-corrected chi connectivity index (χ1v) is 7.37. The zero-order valence-electron chi connectivity index (χ0n) is 10.6. The van der Waals surface area contributed by atoms with Gasteiger partial charge in [0.2, 0.25) is 0 Å². The Morgan fingerprint density at radius 2 is 2.22 bits per heavy atom. The minimum Gasteiger partial charge on any atom is -0.396 e. The monoisotopic (exact) mass is 312 g/mol. The van der Waals surface area contributed by atoms with E-state index in [0.717, 1.165) is 29.5 Å². The minimum absolute atomic E-state index is 0.297. The van der Waals surface area contributed by atoms with E-state index in [9.17, 15) is 0 Å². The number of anilines is 1. The van der Waals surface area contributed by atoms with Gasteiger partial charge in [-0.2, -0.15) is 0 Å². The average molecular weight is 313 g/mol. The first-order chi connectivity index (χ1) is 8.72. The van der Waals surface area contributed by atoms with Crippen molar-refractivity contribution in [3.05, 3.63) is 28.2 Å². The van der Waals surface area contributed by atoms with Crippen molar-refractivity contribution in [2.45, 2.75) is 25.8 Å². The average Bonchev–Trinajstić information content (AvgIpc) is 2.39. The molecule has 1 atom stereocenters. The molecule has 2 rings (SSSR count). The number of nitrogens with two attached hydrogens (primary N) is 1. The highest BCUT2D eigenvalue weighted by atomic mass is 79.9. The zero-order valence-corrected chi connectivity index (χ0v) is 12.2. The van der Waals surface area contributed by atoms with Crippen molar-refractivity contribution >= 4 is 21.6 Å². The molecule has 18 heavy (non-hydrogen) atoms. The molecular formula is C14H21BrN2O. The van der Waals surface area contributed by atoms with Gasteiger partial charge >= 0.3 is 0 Å². The van der Waals surface area contributed by atoms with E-state index < -0.39 is 0 Å². The van der Waals surface area contributed by atoms with Crippen LogP contribution in [-0.4, -0.2) is 24.8 Å². The van der Waals surface area contributed by atoms with Crippen molar-refractivity contribution in [3.8, 4) is 0 Å². The van der Waals surface area contributed by atoms with E-state index in [2.05, 4.69) is 39.0 Å². The summed E-state index contributed by atoms with van der Waals surface area (Å²) in [6, 6.07) is 6.39. The van der Waals surface area contributed by atoms with Crippen LogP contribution in [0.2, 0.25) is 0 Å². The molecule has 0 saturated carbocycles. The smallest absolute Gasteiger partial charge is 0.0434 e. The fraction of sp³-hybridized carbons (Fsp3) is 0.571. The quantitative estimate of drug-likeness (QED) is 0.898. The summed E-state index contributed by atoms with van der Waals surface area (Å²) in [5.41, 5.74) is 8.12. The molecule has 0 aromatic heterocycles. The standard InChI is InChI=1S/C14H21BrN2O/c15-13-6-12(9-16)7-14(8-13)17-4-1-2-11(10-17)3-5-18/h6-8,11,18H,1-5,9-10,16H2. The van der Waals surface area contributed by atoms with Gasteiger partial charge in [0, 0.05) is 36.4 Å². The molecule has 100 valence electrons. The van der Waals surface area contributed by atoms with Gasteiger partial charge in [0.25, 0.3) is 0 Å². The third-order valence-corrected chi connectivity index (χ3v) is 4.06. The van der Waals surface area contributed by atoms with E-state index in [1.807, 2.05) is 0 Å². The highest BCUT2D eigenvalue weighted by Crippen LogP contribution is 2.28. The molecule has 1 aliphatic heterocycles. The maximum atomic E-state index is 9.06. The Labute approximate surface area is 117 Å². The Morgan fingerprint density at radius 1 is 1.39 bits per heavy atom. The van der Waals surface area contributed by atoms with Crippen LogP contribution >= 0.6 is 15.9 Å². The highest BCUT2D eigenvalue weighted by Gasteiger charge is 2.20. The van der Waals surface area contributed by atoms with Crippen molar-refractivity contribution in [1.29, 1.82) is 0 Å². The van der Waals surface area contributed by atoms with Gasteiger partial charge in [0.15, 0.2) is 0 Å². The zero-order chi connectivity index (χ0) is 13.0. The number of nitrogens with zero attached hydrogens (tertiary/aromatic N) is 1. The molecule has 1 unspecified atom stereocenters. The molecule has 1 aromatic carbocycles. The summed E-state index contributed by atoms with van der Waals surface area (Å²) in [6.07, 6.45) is 3.35. The van der Waals surface area contributed by atoms with Crippen LogP contribution in [0, 0.1) is 5.92 Å². The predicted molar refractivity (Wildman–Crippen MR) is 78.7 cm³/mol. The molecule has 1 saturated heterocycles. The topological polar surface area (TPSA) is 49.5 Å². The maximum Gasteiger partial charge on any atom is 0.0434 e. The second kappa shape index (κ2) is 6.55. The van der Waals surface area contributed by atoms with Crippen LogP contribution < -0.4 is 10.6 Å². The Hall–Kier alpha value is -0.580. The number of hydrogen-bond acceptors (Lipinski definition) is 3. The second-order valence-corrected chi connectivity index (χ2v) is 5.90. The van der Waals surface area contributed by atoms with Gasteiger partial charge < -0.3 is 15.7 Å². The van der Waals surface area contributed by atoms with Gasteiger partial charge in [-0.25, -0.2) is 0 Å². The number of aliphatic hydroxyl groups excluding tert-OH is 1. The fourth-order valence-electron chi connectivity index (χ4n) is 2.65. The number of hydrogen-bond donors (Lipinski definition) is 2. The van der Waals surface area contributed by atoms with Gasteiger partial charge in [-0.05, 0) is 48.9 Å². The third-order valence-electron chi connectivity index (χ3n) is 3.60. The molecule has 1 heterocycles. The fourth-order valence-corrected chi connectivity index (χ4v) is 3.18. The number of aliphatic hydroxyl groups is 1. The van der Waals surface area contributed by atoms with Crippen molar-refractivity contribution in [3.63, 3.8) is 0 Å². The van der Waals surface area contributed by atoms with Crippen LogP contribution in [-0.2, 0) is 6.54 Å². The third kappa shape index (κ3) is 3.46. The van der Waals surface area contributed by atoms with Gasteiger partial charge in [-0.1, -0.05) is 15.9 Å². The van der Waals surface area contributed by atoms with E-state index >= 15 is 0 Å². The summed E-state index contributed by atoms with van der Waals surface area (Å²) < 4.78 is 1.09. The van der Waals surface area contributed by atoms with Crippen LogP contribution in [0.5, 0.6) is 0 Å². The first kappa shape index (κ1) is 13.8. The summed E-state index contributed by atoms with van der Waals surface area (Å²) in [5.74, 6) is 0.615. The molecule has 4 heteroatoms. The second-order valence-electron chi connectivity index (χ2n) is 4.99. The Kier molecular flexibility index (Phi) is 5.03. The minimum atomic E-state index is 0.297. The summed E-state index contributed by atoms with van der Waals surface area (Å²) in [7, 11) is 0. The van der Waals surface area contributed by atoms with Crippen LogP contribution in [0.15, 0.2) is 22.7 Å². The lowest BCUT2D eigenvalue weighted by molar-refractivity contribution is 0.244. The number of rotatable bonds is 4. The van der Waals surface area contributed by atoms with E-state index in [-0.39, 0.29) is 0 Å². The number of piperidine rings is 1. The van der Waals surface area contributed by atoms with Crippen LogP contribution in [0.1, 0.15) is 24.8 Å². The van der Waals surface area contributed by atoms with Crippen LogP contribution in [0.4, 0.5) is 5.69 Å². The molecule has 1 aliphatic rings. The predicted octanol–water partition coefficient (Wildman–Crippen LogP) is 2.51. The van der Waals surface area contributed by atoms with E-state index in [4.69, 9.17) is 10.8 Å². The van der Waals surface area contributed by atoms with Crippen LogP contribution in [0.25, 0.3) is 0 Å². The summed E-state index contributed by atoms with van der Waals surface area (Å²) >= 11 is 3.54. The molecule has 0 radical (unpaired) electrons. The van der Waals surface area contributed by atoms with Gasteiger partial charge in [-0.15, -0.1) is 0 Å². The SMILES string of the molecule is NCc1cc(Br)cc(N2CCCC(CCO)C2)c1. The van der Waals surface area contributed by atoms with Crippen molar-refractivity contribution in [2.24, 2.45) is 11.7 Å². The molecular weight excluding hydrogens is 292 g/mol. The summed E-state index contributed by atoms with van der Waals surface area (Å²) in [5, 5.41) is 9.06. The molecule has 0 bridgehead atoms. The Morgan fingerprint density at radius 3 is 2.94 bits per heavy atom. The normalized spacial score (nSPS) is 20.2. The molecule has 3 nitrogen and oxygen atoms in total. The van der Waals surface area contributed by atoms with Gasteiger partial charge in [-0.3, -0.25) is 0 Å². The van der Waals surface area contributed by atoms with Gasteiger partial charge in [0.05, 0.1) is 0 Å². The Balaban J connectivity index is 2.12. The molecule has 0 spiro atoms. The van der Waals surface area contributed by atoms with E-state index in [1.54, 1.807) is 0 Å². The number of halogens is 1. The first-order valence-electron chi connectivity index (χ1n) is 6.58. The van der Waals surface area contributed by atoms with Crippen molar-refractivity contribution in [1.82, 2.24) is 0 Å². The Bertz CT molecular complexity index is 395. The van der Waals surface area contributed by atoms with Crippen LogP contribution in [0.3, 0.4) is 0 Å². The lowest BCUT2D eigenvalue weighted by Gasteiger charge is -2.34. The maximum absolute atomic E-state index is 9.06. The number of benzene rings is 1. The molecule has 3 N–H and O–H groups in total. The van der Waals surface area contributed by atoms with Crippen molar-refractivity contribution in [2.75, 3.05) is 24.6 Å². The largest absolute Gasteiger partial charge is 0.396 e. The molecule has 0 amide bonds. The van der Waals surface area contributed by atoms with Gasteiger partial charge in [0.1, 0.15) is 0 Å². The summed E-state index contributed by atoms with van der Waals surface area (Å²) in [4.78, 5) is 2.41. The summed E-state index contributed by atoms with van der Waals surface area (Å²) in [6.45, 7) is 3.01. The highest BCUT2D eigenvalue weighted by molar-refractivity contribution is 9.10. The molecule has 1 aromatic rings. The lowest BCUT2D eigenvalue weighted by Crippen LogP contribution is -2.35. The van der Waals surface area contributed by atoms with E-state index in [0.29, 0.717) is 19.1 Å². The molecule has 0 aliphatic carbocycles. The van der Waals surface area contributed by atoms with E-state index in [1.165, 1.54) is 18.5 Å². The van der Waals surface area contributed by atoms with Crippen molar-refractivity contribution < 1.29 is 5.11 Å².